The summed E-state index contributed by atoms with van der Waals surface area (Å²) >= 11 is 0. The monoisotopic (exact) mass is 158 g/mol. The summed E-state index contributed by atoms with van der Waals surface area (Å²) in [4.78, 5) is 0. The number of rotatable bonds is 6. The third kappa shape index (κ3) is 6.36. The van der Waals surface area contributed by atoms with Crippen LogP contribution in [0.2, 0.25) is 0 Å². The van der Waals surface area contributed by atoms with E-state index in [-0.39, 0.29) is 0 Å². The summed E-state index contributed by atoms with van der Waals surface area (Å²) in [6.45, 7) is 7.78. The van der Waals surface area contributed by atoms with Gasteiger partial charge in [0.25, 0.3) is 0 Å². The maximum Gasteiger partial charge on any atom is 0.0467 e. The zero-order valence-corrected chi connectivity index (χ0v) is 8.44. The maximum atomic E-state index is 5.06. The molecule has 1 heteroatoms. The van der Waals surface area contributed by atoms with E-state index in [1.807, 2.05) is 0 Å². The number of ether oxygens (including phenoxy) is 1. The quantitative estimate of drug-likeness (QED) is 0.576. The molecule has 68 valence electrons. The Bertz CT molecular complexity index is 76.9. The van der Waals surface area contributed by atoms with Crippen LogP contribution >= 0.6 is 0 Å². The van der Waals surface area contributed by atoms with Crippen LogP contribution in [0.3, 0.4) is 0 Å². The first-order valence-corrected chi connectivity index (χ1v) is 4.61. The molecule has 0 saturated carbocycles. The highest BCUT2D eigenvalue weighted by molar-refractivity contribution is 4.67. The Morgan fingerprint density at radius 2 is 1.82 bits per heavy atom. The summed E-state index contributed by atoms with van der Waals surface area (Å²) in [5.41, 5.74) is 0.478. The van der Waals surface area contributed by atoms with E-state index >= 15 is 0 Å². The van der Waals surface area contributed by atoms with Gasteiger partial charge in [-0.15, -0.1) is 0 Å². The lowest BCUT2D eigenvalue weighted by Crippen LogP contribution is -2.13. The van der Waals surface area contributed by atoms with Crippen molar-refractivity contribution < 1.29 is 4.74 Å². The van der Waals surface area contributed by atoms with Gasteiger partial charge in [0, 0.05) is 13.7 Å². The smallest absolute Gasteiger partial charge is 0.0467 e. The Hall–Kier alpha value is -0.0400. The molecule has 0 rings (SSSR count). The molecule has 0 amide bonds. The molecule has 0 aliphatic carbocycles. The fourth-order valence-corrected chi connectivity index (χ4v) is 1.16. The number of methoxy groups -OCH3 is 1. The van der Waals surface area contributed by atoms with Crippen molar-refractivity contribution in [3.63, 3.8) is 0 Å². The van der Waals surface area contributed by atoms with Gasteiger partial charge in [0.1, 0.15) is 0 Å². The van der Waals surface area contributed by atoms with Crippen LogP contribution in [-0.4, -0.2) is 13.7 Å². The summed E-state index contributed by atoms with van der Waals surface area (Å²) in [5.74, 6) is 0. The van der Waals surface area contributed by atoms with Crippen LogP contribution in [0.15, 0.2) is 0 Å². The van der Waals surface area contributed by atoms with Crippen molar-refractivity contribution in [2.24, 2.45) is 5.41 Å². The topological polar surface area (TPSA) is 9.23 Å². The van der Waals surface area contributed by atoms with Crippen LogP contribution in [0, 0.1) is 5.41 Å². The largest absolute Gasteiger partial charge is 0.385 e. The van der Waals surface area contributed by atoms with Gasteiger partial charge in [0.15, 0.2) is 0 Å². The average Bonchev–Trinajstić information content (AvgIpc) is 1.97. The highest BCUT2D eigenvalue weighted by atomic mass is 16.5. The standard InChI is InChI=1S/C10H22O/c1-5-6-7-10(2,3)8-9-11-4/h5-9H2,1-4H3. The second-order valence-corrected chi connectivity index (χ2v) is 4.01. The SMILES string of the molecule is CCCCC(C)(C)CCOC. The highest BCUT2D eigenvalue weighted by Gasteiger charge is 2.15. The van der Waals surface area contributed by atoms with Crippen molar-refractivity contribution in [3.8, 4) is 0 Å². The molecule has 0 spiro atoms. The van der Waals surface area contributed by atoms with E-state index in [0.717, 1.165) is 6.61 Å². The molecule has 0 heterocycles. The van der Waals surface area contributed by atoms with E-state index in [1.54, 1.807) is 7.11 Å². The molecular formula is C10H22O. The van der Waals surface area contributed by atoms with Gasteiger partial charge < -0.3 is 4.74 Å². The molecule has 0 radical (unpaired) electrons. The van der Waals surface area contributed by atoms with Gasteiger partial charge in [-0.1, -0.05) is 33.6 Å². The van der Waals surface area contributed by atoms with E-state index in [4.69, 9.17) is 4.74 Å². The van der Waals surface area contributed by atoms with Crippen LogP contribution in [0.1, 0.15) is 46.5 Å². The van der Waals surface area contributed by atoms with Crippen LogP contribution < -0.4 is 0 Å². The molecule has 0 N–H and O–H groups in total. The van der Waals surface area contributed by atoms with Crippen LogP contribution in [0.4, 0.5) is 0 Å². The summed E-state index contributed by atoms with van der Waals surface area (Å²) in [6, 6.07) is 0. The molecule has 0 saturated heterocycles. The molecule has 0 unspecified atom stereocenters. The zero-order valence-electron chi connectivity index (χ0n) is 8.44. The highest BCUT2D eigenvalue weighted by Crippen LogP contribution is 2.26. The van der Waals surface area contributed by atoms with Crippen LogP contribution in [0.25, 0.3) is 0 Å². The van der Waals surface area contributed by atoms with Gasteiger partial charge in [-0.2, -0.15) is 0 Å². The molecule has 0 aliphatic heterocycles. The van der Waals surface area contributed by atoms with Crippen molar-refractivity contribution in [1.29, 1.82) is 0 Å². The molecule has 0 aromatic rings. The lowest BCUT2D eigenvalue weighted by atomic mass is 9.84. The van der Waals surface area contributed by atoms with Crippen molar-refractivity contribution in [2.75, 3.05) is 13.7 Å². The molecule has 0 bridgehead atoms. The van der Waals surface area contributed by atoms with Crippen LogP contribution in [-0.2, 0) is 4.74 Å². The maximum absolute atomic E-state index is 5.06. The van der Waals surface area contributed by atoms with Gasteiger partial charge in [-0.25, -0.2) is 0 Å². The summed E-state index contributed by atoms with van der Waals surface area (Å²) in [5, 5.41) is 0. The van der Waals surface area contributed by atoms with Gasteiger partial charge in [0.2, 0.25) is 0 Å². The Labute approximate surface area is 71.1 Å². The first-order valence-electron chi connectivity index (χ1n) is 4.61. The van der Waals surface area contributed by atoms with Crippen LogP contribution in [0.5, 0.6) is 0 Å². The second-order valence-electron chi connectivity index (χ2n) is 4.01. The van der Waals surface area contributed by atoms with Gasteiger partial charge >= 0.3 is 0 Å². The fraction of sp³-hybridized carbons (Fsp3) is 1.00. The Morgan fingerprint density at radius 3 is 2.27 bits per heavy atom. The summed E-state index contributed by atoms with van der Waals surface area (Å²) < 4.78 is 5.06. The number of unbranched alkanes of at least 4 members (excludes halogenated alkanes) is 1. The molecule has 0 aromatic carbocycles. The minimum atomic E-state index is 0.478. The lowest BCUT2D eigenvalue weighted by molar-refractivity contribution is 0.146. The van der Waals surface area contributed by atoms with Crippen molar-refractivity contribution in [1.82, 2.24) is 0 Å². The Morgan fingerprint density at radius 1 is 1.18 bits per heavy atom. The molecule has 0 atom stereocenters. The average molecular weight is 158 g/mol. The molecular weight excluding hydrogens is 136 g/mol. The van der Waals surface area contributed by atoms with Gasteiger partial charge in [-0.05, 0) is 18.3 Å². The van der Waals surface area contributed by atoms with Gasteiger partial charge in [0.05, 0.1) is 0 Å². The normalized spacial score (nSPS) is 12.0. The first kappa shape index (κ1) is 11.0. The van der Waals surface area contributed by atoms with E-state index in [1.165, 1.54) is 25.7 Å². The van der Waals surface area contributed by atoms with Crippen molar-refractivity contribution >= 4 is 0 Å². The first-order chi connectivity index (χ1) is 5.12. The summed E-state index contributed by atoms with van der Waals surface area (Å²) in [6.07, 6.45) is 5.16. The minimum absolute atomic E-state index is 0.478. The fourth-order valence-electron chi connectivity index (χ4n) is 1.16. The zero-order chi connectivity index (χ0) is 8.74. The predicted octanol–water partition coefficient (Wildman–Crippen LogP) is 3.24. The third-order valence-electron chi connectivity index (χ3n) is 2.19. The lowest BCUT2D eigenvalue weighted by Gasteiger charge is -2.23. The van der Waals surface area contributed by atoms with Gasteiger partial charge in [-0.3, -0.25) is 0 Å². The van der Waals surface area contributed by atoms with E-state index in [2.05, 4.69) is 20.8 Å². The predicted molar refractivity (Wildman–Crippen MR) is 49.8 cm³/mol. The molecule has 0 aliphatic rings. The minimum Gasteiger partial charge on any atom is -0.385 e. The Balaban J connectivity index is 3.43. The van der Waals surface area contributed by atoms with E-state index < -0.39 is 0 Å². The number of hydrogen-bond donors (Lipinski definition) is 0. The van der Waals surface area contributed by atoms with E-state index in [9.17, 15) is 0 Å². The molecule has 11 heavy (non-hydrogen) atoms. The molecule has 1 nitrogen and oxygen atoms in total. The molecule has 0 aromatic heterocycles. The summed E-state index contributed by atoms with van der Waals surface area (Å²) in [7, 11) is 1.77. The van der Waals surface area contributed by atoms with E-state index in [0.29, 0.717) is 5.41 Å². The Kier molecular flexibility index (Phi) is 5.57. The third-order valence-corrected chi connectivity index (χ3v) is 2.19. The van der Waals surface area contributed by atoms with Crippen molar-refractivity contribution in [3.05, 3.63) is 0 Å². The molecule has 0 fully saturated rings. The van der Waals surface area contributed by atoms with Crippen molar-refractivity contribution in [2.45, 2.75) is 46.5 Å². The second kappa shape index (κ2) is 5.59. The number of hydrogen-bond acceptors (Lipinski definition) is 1.